The SMILES string of the molecule is Cc1nn(C)c2c(N3CC(C)OC(C)C3)ncnc12. The Morgan fingerprint density at radius 2 is 1.89 bits per heavy atom. The van der Waals surface area contributed by atoms with E-state index in [9.17, 15) is 0 Å². The molecule has 0 bridgehead atoms. The van der Waals surface area contributed by atoms with Gasteiger partial charge >= 0.3 is 0 Å². The second kappa shape index (κ2) is 4.45. The van der Waals surface area contributed by atoms with Gasteiger partial charge in [-0.1, -0.05) is 0 Å². The van der Waals surface area contributed by atoms with Crippen LogP contribution in [0.2, 0.25) is 0 Å². The lowest BCUT2D eigenvalue weighted by atomic mass is 10.2. The number of aryl methyl sites for hydroxylation is 2. The topological polar surface area (TPSA) is 56.1 Å². The van der Waals surface area contributed by atoms with E-state index in [0.29, 0.717) is 0 Å². The van der Waals surface area contributed by atoms with Crippen LogP contribution >= 0.6 is 0 Å². The van der Waals surface area contributed by atoms with Crippen LogP contribution in [0, 0.1) is 6.92 Å². The molecule has 0 spiro atoms. The van der Waals surface area contributed by atoms with E-state index in [1.54, 1.807) is 6.33 Å². The summed E-state index contributed by atoms with van der Waals surface area (Å²) in [7, 11) is 1.94. The maximum Gasteiger partial charge on any atom is 0.158 e. The van der Waals surface area contributed by atoms with Gasteiger partial charge in [-0.05, 0) is 20.8 Å². The molecule has 2 aromatic heterocycles. The van der Waals surface area contributed by atoms with Crippen molar-refractivity contribution in [3.05, 3.63) is 12.0 Å². The Kier molecular flexibility index (Phi) is 2.89. The molecule has 6 heteroatoms. The molecule has 0 radical (unpaired) electrons. The van der Waals surface area contributed by atoms with Crippen LogP contribution in [0.5, 0.6) is 0 Å². The molecular weight excluding hydrogens is 242 g/mol. The number of rotatable bonds is 1. The number of aromatic nitrogens is 4. The Morgan fingerprint density at radius 1 is 1.21 bits per heavy atom. The summed E-state index contributed by atoms with van der Waals surface area (Å²) in [6.45, 7) is 7.86. The monoisotopic (exact) mass is 261 g/mol. The molecule has 0 aliphatic carbocycles. The minimum absolute atomic E-state index is 0.211. The molecule has 102 valence electrons. The summed E-state index contributed by atoms with van der Waals surface area (Å²) in [5.41, 5.74) is 2.87. The maximum absolute atomic E-state index is 5.78. The lowest BCUT2D eigenvalue weighted by Crippen LogP contribution is -2.46. The van der Waals surface area contributed by atoms with Gasteiger partial charge in [0.15, 0.2) is 5.82 Å². The van der Waals surface area contributed by atoms with Crippen LogP contribution < -0.4 is 4.90 Å². The zero-order valence-corrected chi connectivity index (χ0v) is 11.8. The molecule has 1 aliphatic rings. The van der Waals surface area contributed by atoms with Crippen molar-refractivity contribution < 1.29 is 4.74 Å². The van der Waals surface area contributed by atoms with E-state index in [1.807, 2.05) is 18.7 Å². The fourth-order valence-electron chi connectivity index (χ4n) is 2.84. The molecule has 0 amide bonds. The lowest BCUT2D eigenvalue weighted by molar-refractivity contribution is -0.00539. The zero-order chi connectivity index (χ0) is 13.6. The number of nitrogens with zero attached hydrogens (tertiary/aromatic N) is 5. The highest BCUT2D eigenvalue weighted by molar-refractivity contribution is 5.87. The van der Waals surface area contributed by atoms with E-state index in [4.69, 9.17) is 4.74 Å². The van der Waals surface area contributed by atoms with Crippen LogP contribution in [0.15, 0.2) is 6.33 Å². The highest BCUT2D eigenvalue weighted by Crippen LogP contribution is 2.26. The Balaban J connectivity index is 2.09. The van der Waals surface area contributed by atoms with Crippen molar-refractivity contribution in [2.24, 2.45) is 7.05 Å². The van der Waals surface area contributed by atoms with Gasteiger partial charge in [0.05, 0.1) is 17.9 Å². The van der Waals surface area contributed by atoms with Gasteiger partial charge in [-0.15, -0.1) is 0 Å². The average molecular weight is 261 g/mol. The summed E-state index contributed by atoms with van der Waals surface area (Å²) in [5.74, 6) is 0.954. The standard InChI is InChI=1S/C13H19N5O/c1-8-5-18(6-9(2)19-8)13-12-11(14-7-15-13)10(3)16-17(12)4/h7-9H,5-6H2,1-4H3. The molecular formula is C13H19N5O. The van der Waals surface area contributed by atoms with Crippen molar-refractivity contribution in [2.45, 2.75) is 33.0 Å². The number of morpholine rings is 1. The summed E-state index contributed by atoms with van der Waals surface area (Å²) in [6, 6.07) is 0. The molecule has 1 aliphatic heterocycles. The molecule has 3 rings (SSSR count). The van der Waals surface area contributed by atoms with Crippen molar-refractivity contribution >= 4 is 16.9 Å². The van der Waals surface area contributed by atoms with Gasteiger partial charge in [-0.25, -0.2) is 9.97 Å². The summed E-state index contributed by atoms with van der Waals surface area (Å²) in [5, 5.41) is 4.44. The normalized spacial score (nSPS) is 24.1. The Morgan fingerprint density at radius 3 is 2.58 bits per heavy atom. The fraction of sp³-hybridized carbons (Fsp3) is 0.615. The average Bonchev–Trinajstić information content (AvgIpc) is 2.64. The number of hydrogen-bond donors (Lipinski definition) is 0. The second-order valence-corrected chi connectivity index (χ2v) is 5.27. The van der Waals surface area contributed by atoms with Crippen molar-refractivity contribution in [2.75, 3.05) is 18.0 Å². The predicted molar refractivity (Wildman–Crippen MR) is 73.3 cm³/mol. The van der Waals surface area contributed by atoms with Gasteiger partial charge in [0.2, 0.25) is 0 Å². The molecule has 0 saturated carbocycles. The molecule has 3 heterocycles. The molecule has 6 nitrogen and oxygen atoms in total. The van der Waals surface area contributed by atoms with E-state index in [2.05, 4.69) is 33.8 Å². The molecule has 2 unspecified atom stereocenters. The summed E-state index contributed by atoms with van der Waals surface area (Å²) in [6.07, 6.45) is 2.04. The minimum atomic E-state index is 0.211. The lowest BCUT2D eigenvalue weighted by Gasteiger charge is -2.36. The van der Waals surface area contributed by atoms with Gasteiger partial charge in [0.1, 0.15) is 17.4 Å². The third kappa shape index (κ3) is 2.06. The van der Waals surface area contributed by atoms with Gasteiger partial charge in [-0.2, -0.15) is 5.10 Å². The predicted octanol–water partition coefficient (Wildman–Crippen LogP) is 1.29. The number of fused-ring (bicyclic) bond motifs is 1. The van der Waals surface area contributed by atoms with Gasteiger partial charge in [0, 0.05) is 20.1 Å². The van der Waals surface area contributed by atoms with Crippen molar-refractivity contribution in [1.29, 1.82) is 0 Å². The highest BCUT2D eigenvalue weighted by atomic mass is 16.5. The van der Waals surface area contributed by atoms with Crippen LogP contribution in [0.1, 0.15) is 19.5 Å². The van der Waals surface area contributed by atoms with Crippen LogP contribution in [0.4, 0.5) is 5.82 Å². The first kappa shape index (κ1) is 12.3. The smallest absolute Gasteiger partial charge is 0.158 e. The first-order chi connectivity index (χ1) is 9.06. The van der Waals surface area contributed by atoms with E-state index in [-0.39, 0.29) is 12.2 Å². The first-order valence-electron chi connectivity index (χ1n) is 6.61. The minimum Gasteiger partial charge on any atom is -0.372 e. The molecule has 1 saturated heterocycles. The molecule has 19 heavy (non-hydrogen) atoms. The van der Waals surface area contributed by atoms with Crippen molar-refractivity contribution in [3.8, 4) is 0 Å². The number of anilines is 1. The van der Waals surface area contributed by atoms with Crippen LogP contribution in [-0.2, 0) is 11.8 Å². The third-order valence-electron chi connectivity index (χ3n) is 3.49. The molecule has 1 fully saturated rings. The molecule has 0 N–H and O–H groups in total. The van der Waals surface area contributed by atoms with Gasteiger partial charge < -0.3 is 9.64 Å². The van der Waals surface area contributed by atoms with E-state index < -0.39 is 0 Å². The number of hydrogen-bond acceptors (Lipinski definition) is 5. The Labute approximate surface area is 112 Å². The van der Waals surface area contributed by atoms with Crippen molar-refractivity contribution in [1.82, 2.24) is 19.7 Å². The molecule has 0 aromatic carbocycles. The van der Waals surface area contributed by atoms with Gasteiger partial charge in [-0.3, -0.25) is 4.68 Å². The molecule has 2 aromatic rings. The van der Waals surface area contributed by atoms with Crippen LogP contribution in [0.25, 0.3) is 11.0 Å². The second-order valence-electron chi connectivity index (χ2n) is 5.27. The van der Waals surface area contributed by atoms with E-state index in [1.165, 1.54) is 0 Å². The van der Waals surface area contributed by atoms with Crippen LogP contribution in [0.3, 0.4) is 0 Å². The van der Waals surface area contributed by atoms with E-state index in [0.717, 1.165) is 35.6 Å². The summed E-state index contributed by atoms with van der Waals surface area (Å²) in [4.78, 5) is 11.1. The Bertz CT molecular complexity index is 598. The largest absolute Gasteiger partial charge is 0.372 e. The first-order valence-corrected chi connectivity index (χ1v) is 6.61. The highest BCUT2D eigenvalue weighted by Gasteiger charge is 2.26. The quantitative estimate of drug-likeness (QED) is 0.774. The van der Waals surface area contributed by atoms with Gasteiger partial charge in [0.25, 0.3) is 0 Å². The fourth-order valence-corrected chi connectivity index (χ4v) is 2.84. The van der Waals surface area contributed by atoms with Crippen LogP contribution in [-0.4, -0.2) is 45.0 Å². The zero-order valence-electron chi connectivity index (χ0n) is 11.8. The third-order valence-corrected chi connectivity index (χ3v) is 3.49. The summed E-state index contributed by atoms with van der Waals surface area (Å²) >= 11 is 0. The van der Waals surface area contributed by atoms with Crippen molar-refractivity contribution in [3.63, 3.8) is 0 Å². The van der Waals surface area contributed by atoms with E-state index >= 15 is 0 Å². The Hall–Kier alpha value is -1.69. The maximum atomic E-state index is 5.78. The number of ether oxygens (including phenoxy) is 1. The molecule has 2 atom stereocenters. The summed E-state index contributed by atoms with van der Waals surface area (Å²) < 4.78 is 7.64.